The zero-order valence-corrected chi connectivity index (χ0v) is 16.9. The Balaban J connectivity index is 1.49. The van der Waals surface area contributed by atoms with Gasteiger partial charge < -0.3 is 5.32 Å². The number of anilines is 1. The number of nitrogens with zero attached hydrogens (tertiary/aromatic N) is 1. The van der Waals surface area contributed by atoms with E-state index in [0.717, 1.165) is 19.3 Å². The quantitative estimate of drug-likeness (QED) is 0.681. The standard InChI is InChI=1S/C18H24ClFN4O3S/c19-13-10-11(24-8-1-2-9-28(24,26)27)6-7-12(13)18(25)21-17-16-14(20)4-3-5-15(16)22-23-17/h6-7,10,14-17,22-23H,1-5,8-9H2,(H,21,25). The topological polar surface area (TPSA) is 90.5 Å². The number of hydrazine groups is 1. The first kappa shape index (κ1) is 19.9. The molecule has 1 aromatic carbocycles. The van der Waals surface area contributed by atoms with Gasteiger partial charge in [-0.1, -0.05) is 11.6 Å². The number of sulfonamides is 1. The summed E-state index contributed by atoms with van der Waals surface area (Å²) in [7, 11) is -3.35. The van der Waals surface area contributed by atoms with Gasteiger partial charge in [0.15, 0.2) is 0 Å². The van der Waals surface area contributed by atoms with Crippen LogP contribution in [0.2, 0.25) is 5.02 Å². The fourth-order valence-electron chi connectivity index (χ4n) is 4.35. The maximum absolute atomic E-state index is 14.3. The minimum absolute atomic E-state index is 0.00351. The van der Waals surface area contributed by atoms with Crippen molar-refractivity contribution in [2.24, 2.45) is 5.92 Å². The zero-order chi connectivity index (χ0) is 19.9. The van der Waals surface area contributed by atoms with Gasteiger partial charge in [-0.15, -0.1) is 0 Å². The minimum atomic E-state index is -3.35. The first-order valence-corrected chi connectivity index (χ1v) is 11.6. The Bertz CT molecular complexity index is 868. The second-order valence-corrected chi connectivity index (χ2v) is 10.1. The van der Waals surface area contributed by atoms with E-state index in [1.165, 1.54) is 16.4 Å². The fraction of sp³-hybridized carbons (Fsp3) is 0.611. The predicted molar refractivity (Wildman–Crippen MR) is 105 cm³/mol. The van der Waals surface area contributed by atoms with Crippen molar-refractivity contribution in [3.63, 3.8) is 0 Å². The van der Waals surface area contributed by atoms with Gasteiger partial charge in [-0.3, -0.25) is 14.5 Å². The summed E-state index contributed by atoms with van der Waals surface area (Å²) in [6, 6.07) is 4.60. The van der Waals surface area contributed by atoms with E-state index in [-0.39, 0.29) is 28.3 Å². The molecule has 4 atom stereocenters. The summed E-state index contributed by atoms with van der Waals surface area (Å²) >= 11 is 6.30. The van der Waals surface area contributed by atoms with E-state index in [1.54, 1.807) is 6.07 Å². The average molecular weight is 431 g/mol. The number of alkyl halides is 1. The Kier molecular flexibility index (Phi) is 5.52. The highest BCUT2D eigenvalue weighted by atomic mass is 35.5. The van der Waals surface area contributed by atoms with E-state index in [4.69, 9.17) is 11.6 Å². The fourth-order valence-corrected chi connectivity index (χ4v) is 6.24. The Hall–Kier alpha value is -1.42. The number of fused-ring (bicyclic) bond motifs is 1. The van der Waals surface area contributed by atoms with Crippen LogP contribution < -0.4 is 20.5 Å². The lowest BCUT2D eigenvalue weighted by molar-refractivity contribution is 0.0872. The van der Waals surface area contributed by atoms with Gasteiger partial charge in [0.2, 0.25) is 10.0 Å². The largest absolute Gasteiger partial charge is 0.335 e. The van der Waals surface area contributed by atoms with Gasteiger partial charge in [0.05, 0.1) is 28.2 Å². The van der Waals surface area contributed by atoms with Crippen LogP contribution in [0.15, 0.2) is 18.2 Å². The van der Waals surface area contributed by atoms with Crippen LogP contribution >= 0.6 is 11.6 Å². The molecular formula is C18H24ClFN4O3S. The average Bonchev–Trinajstić information content (AvgIpc) is 3.05. The highest BCUT2D eigenvalue weighted by Crippen LogP contribution is 2.32. The molecule has 1 saturated carbocycles. The van der Waals surface area contributed by atoms with Crippen LogP contribution in [0.4, 0.5) is 10.1 Å². The number of benzene rings is 1. The summed E-state index contributed by atoms with van der Waals surface area (Å²) in [5.41, 5.74) is 6.72. The third-order valence-corrected chi connectivity index (χ3v) is 7.99. The molecule has 1 aliphatic carbocycles. The molecule has 4 rings (SSSR count). The third kappa shape index (κ3) is 3.72. The lowest BCUT2D eigenvalue weighted by Gasteiger charge is -2.31. The number of amides is 1. The lowest BCUT2D eigenvalue weighted by Crippen LogP contribution is -2.49. The summed E-state index contributed by atoms with van der Waals surface area (Å²) < 4.78 is 40.2. The molecule has 4 unspecified atom stereocenters. The predicted octanol–water partition coefficient (Wildman–Crippen LogP) is 1.94. The number of nitrogens with one attached hydrogen (secondary N) is 3. The highest BCUT2D eigenvalue weighted by molar-refractivity contribution is 7.92. The Morgan fingerprint density at radius 2 is 2.04 bits per heavy atom. The Labute approximate surface area is 169 Å². The van der Waals surface area contributed by atoms with Crippen molar-refractivity contribution >= 4 is 33.2 Å². The second kappa shape index (κ2) is 7.78. The maximum Gasteiger partial charge on any atom is 0.254 e. The van der Waals surface area contributed by atoms with Crippen LogP contribution in [-0.4, -0.2) is 45.0 Å². The smallest absolute Gasteiger partial charge is 0.254 e. The van der Waals surface area contributed by atoms with E-state index < -0.39 is 28.3 Å². The van der Waals surface area contributed by atoms with Crippen LogP contribution in [0.1, 0.15) is 42.5 Å². The Morgan fingerprint density at radius 3 is 2.79 bits per heavy atom. The summed E-state index contributed by atoms with van der Waals surface area (Å²) in [5, 5.41) is 2.98. The molecule has 154 valence electrons. The van der Waals surface area contributed by atoms with Gasteiger partial charge in [0.25, 0.3) is 5.91 Å². The molecular weight excluding hydrogens is 407 g/mol. The van der Waals surface area contributed by atoms with Gasteiger partial charge in [-0.25, -0.2) is 18.2 Å². The summed E-state index contributed by atoms with van der Waals surface area (Å²) in [6.45, 7) is 0.406. The molecule has 2 aliphatic heterocycles. The van der Waals surface area contributed by atoms with Crippen LogP contribution in [0.3, 0.4) is 0 Å². The number of carbonyl (C=O) groups is 1. The van der Waals surface area contributed by atoms with Gasteiger partial charge in [-0.05, 0) is 50.3 Å². The van der Waals surface area contributed by atoms with Gasteiger partial charge in [0, 0.05) is 18.5 Å². The molecule has 3 fully saturated rings. The molecule has 7 nitrogen and oxygen atoms in total. The van der Waals surface area contributed by atoms with E-state index in [2.05, 4.69) is 16.2 Å². The van der Waals surface area contributed by atoms with Crippen molar-refractivity contribution in [2.45, 2.75) is 50.5 Å². The molecule has 2 heterocycles. The van der Waals surface area contributed by atoms with Crippen molar-refractivity contribution in [1.29, 1.82) is 0 Å². The summed E-state index contributed by atoms with van der Waals surface area (Å²) in [4.78, 5) is 12.7. The molecule has 0 bridgehead atoms. The molecule has 3 N–H and O–H groups in total. The summed E-state index contributed by atoms with van der Waals surface area (Å²) in [6.07, 6.45) is 2.12. The first-order chi connectivity index (χ1) is 13.4. The monoisotopic (exact) mass is 430 g/mol. The molecule has 3 aliphatic rings. The molecule has 0 spiro atoms. The van der Waals surface area contributed by atoms with Crippen LogP contribution in [-0.2, 0) is 10.0 Å². The van der Waals surface area contributed by atoms with Crippen LogP contribution in [0.5, 0.6) is 0 Å². The molecule has 0 aromatic heterocycles. The van der Waals surface area contributed by atoms with Crippen molar-refractivity contribution in [2.75, 3.05) is 16.6 Å². The normalized spacial score (nSPS) is 32.0. The molecule has 10 heteroatoms. The summed E-state index contributed by atoms with van der Waals surface area (Å²) in [5.74, 6) is -0.634. The molecule has 0 radical (unpaired) electrons. The van der Waals surface area contributed by atoms with Crippen molar-refractivity contribution in [3.8, 4) is 0 Å². The minimum Gasteiger partial charge on any atom is -0.335 e. The first-order valence-electron chi connectivity index (χ1n) is 9.63. The van der Waals surface area contributed by atoms with E-state index >= 15 is 0 Å². The van der Waals surface area contributed by atoms with Gasteiger partial charge in [-0.2, -0.15) is 0 Å². The zero-order valence-electron chi connectivity index (χ0n) is 15.3. The maximum atomic E-state index is 14.3. The molecule has 2 saturated heterocycles. The van der Waals surface area contributed by atoms with Gasteiger partial charge >= 0.3 is 0 Å². The van der Waals surface area contributed by atoms with Crippen LogP contribution in [0.25, 0.3) is 0 Å². The van der Waals surface area contributed by atoms with Gasteiger partial charge in [0.1, 0.15) is 6.17 Å². The van der Waals surface area contributed by atoms with E-state index in [1.807, 2.05) is 0 Å². The number of hydrogen-bond donors (Lipinski definition) is 3. The second-order valence-electron chi connectivity index (χ2n) is 7.63. The van der Waals surface area contributed by atoms with Crippen molar-refractivity contribution < 1.29 is 17.6 Å². The number of hydrogen-bond acceptors (Lipinski definition) is 5. The number of rotatable bonds is 3. The van der Waals surface area contributed by atoms with Crippen LogP contribution in [0, 0.1) is 5.92 Å². The molecule has 28 heavy (non-hydrogen) atoms. The molecule has 1 amide bonds. The van der Waals surface area contributed by atoms with E-state index in [9.17, 15) is 17.6 Å². The molecule has 1 aromatic rings. The SMILES string of the molecule is O=C(NC1NNC2CCCC(F)C21)c1ccc(N2CCCCS2(=O)=O)cc1Cl. The lowest BCUT2D eigenvalue weighted by atomic mass is 9.82. The van der Waals surface area contributed by atoms with Crippen molar-refractivity contribution in [3.05, 3.63) is 28.8 Å². The number of carbonyl (C=O) groups excluding carboxylic acids is 1. The van der Waals surface area contributed by atoms with E-state index in [0.29, 0.717) is 25.1 Å². The third-order valence-electron chi connectivity index (χ3n) is 5.81. The highest BCUT2D eigenvalue weighted by Gasteiger charge is 2.44. The van der Waals surface area contributed by atoms with Crippen molar-refractivity contribution in [1.82, 2.24) is 16.2 Å². The Morgan fingerprint density at radius 1 is 1.21 bits per heavy atom. The number of halogens is 2.